The molecule has 0 aliphatic carbocycles. The van der Waals surface area contributed by atoms with Gasteiger partial charge < -0.3 is 10.2 Å². The summed E-state index contributed by atoms with van der Waals surface area (Å²) in [4.78, 5) is 25.1. The van der Waals surface area contributed by atoms with Crippen LogP contribution in [0.1, 0.15) is 19.3 Å². The lowest BCUT2D eigenvalue weighted by Gasteiger charge is -2.31. The average Bonchev–Trinajstić information content (AvgIpc) is 2.69. The smallest absolute Gasteiger partial charge is 0.225 e. The van der Waals surface area contributed by atoms with Crippen LogP contribution in [0.4, 0.5) is 0 Å². The highest BCUT2D eigenvalue weighted by atomic mass is 32.2. The molecule has 2 heterocycles. The Kier molecular flexibility index (Phi) is 4.33. The van der Waals surface area contributed by atoms with Crippen LogP contribution in [-0.2, 0) is 19.6 Å². The van der Waals surface area contributed by atoms with Gasteiger partial charge in [0, 0.05) is 39.1 Å². The highest BCUT2D eigenvalue weighted by Crippen LogP contribution is 2.18. The standard InChI is InChI=1S/C12H21N3O4S/c1-14-7-9(6-11(14)16)12(17)13-10-4-3-5-15(8-10)20(2,18)19/h9-10H,3-8H2,1-2H3,(H,13,17)/t9-,10+/m0/s1. The molecular weight excluding hydrogens is 282 g/mol. The maximum atomic E-state index is 12.1. The Hall–Kier alpha value is -1.15. The molecule has 0 unspecified atom stereocenters. The summed E-state index contributed by atoms with van der Waals surface area (Å²) in [5, 5.41) is 2.88. The minimum absolute atomic E-state index is 0.0217. The summed E-state index contributed by atoms with van der Waals surface area (Å²) in [6.45, 7) is 1.27. The fourth-order valence-electron chi connectivity index (χ4n) is 2.72. The number of likely N-dealkylation sites (tertiary alicyclic amines) is 1. The van der Waals surface area contributed by atoms with Gasteiger partial charge in [-0.2, -0.15) is 0 Å². The van der Waals surface area contributed by atoms with Gasteiger partial charge in [-0.15, -0.1) is 0 Å². The van der Waals surface area contributed by atoms with Crippen molar-refractivity contribution in [2.24, 2.45) is 5.92 Å². The molecule has 0 radical (unpaired) electrons. The number of amides is 2. The monoisotopic (exact) mass is 303 g/mol. The van der Waals surface area contributed by atoms with Gasteiger partial charge in [0.1, 0.15) is 0 Å². The van der Waals surface area contributed by atoms with Crippen molar-refractivity contribution in [3.8, 4) is 0 Å². The molecule has 2 amide bonds. The molecule has 0 saturated carbocycles. The van der Waals surface area contributed by atoms with Crippen molar-refractivity contribution in [1.82, 2.24) is 14.5 Å². The van der Waals surface area contributed by atoms with E-state index in [1.165, 1.54) is 10.6 Å². The van der Waals surface area contributed by atoms with Crippen molar-refractivity contribution in [3.63, 3.8) is 0 Å². The molecule has 2 aliphatic heterocycles. The highest BCUT2D eigenvalue weighted by molar-refractivity contribution is 7.88. The van der Waals surface area contributed by atoms with Crippen LogP contribution in [0.5, 0.6) is 0 Å². The minimum Gasteiger partial charge on any atom is -0.352 e. The number of rotatable bonds is 3. The van der Waals surface area contributed by atoms with Crippen molar-refractivity contribution in [1.29, 1.82) is 0 Å². The summed E-state index contributed by atoms with van der Waals surface area (Å²) >= 11 is 0. The third-order valence-electron chi connectivity index (χ3n) is 3.91. The van der Waals surface area contributed by atoms with Crippen LogP contribution in [0, 0.1) is 5.92 Å². The second-order valence-electron chi connectivity index (χ2n) is 5.64. The quantitative estimate of drug-likeness (QED) is 0.725. The van der Waals surface area contributed by atoms with Crippen molar-refractivity contribution in [2.75, 3.05) is 32.9 Å². The number of carbonyl (C=O) groups is 2. The number of nitrogens with one attached hydrogen (secondary N) is 1. The summed E-state index contributed by atoms with van der Waals surface area (Å²) < 4.78 is 24.4. The maximum Gasteiger partial charge on any atom is 0.225 e. The van der Waals surface area contributed by atoms with E-state index in [2.05, 4.69) is 5.32 Å². The molecule has 0 bridgehead atoms. The van der Waals surface area contributed by atoms with Crippen molar-refractivity contribution in [3.05, 3.63) is 0 Å². The molecule has 20 heavy (non-hydrogen) atoms. The molecule has 0 aromatic carbocycles. The normalized spacial score (nSPS) is 28.7. The summed E-state index contributed by atoms with van der Waals surface area (Å²) in [5.41, 5.74) is 0. The van der Waals surface area contributed by atoms with Gasteiger partial charge in [-0.25, -0.2) is 12.7 Å². The molecule has 0 aromatic rings. The van der Waals surface area contributed by atoms with Crippen LogP contribution in [0.25, 0.3) is 0 Å². The molecule has 2 aliphatic rings. The van der Waals surface area contributed by atoms with E-state index < -0.39 is 10.0 Å². The van der Waals surface area contributed by atoms with Crippen LogP contribution >= 0.6 is 0 Å². The largest absolute Gasteiger partial charge is 0.352 e. The van der Waals surface area contributed by atoms with Gasteiger partial charge in [0.05, 0.1) is 12.2 Å². The molecule has 0 aromatic heterocycles. The molecular formula is C12H21N3O4S. The zero-order chi connectivity index (χ0) is 14.9. The molecule has 2 rings (SSSR count). The molecule has 2 fully saturated rings. The van der Waals surface area contributed by atoms with Crippen LogP contribution in [0.3, 0.4) is 0 Å². The summed E-state index contributed by atoms with van der Waals surface area (Å²) in [6, 6.07) is -0.160. The second-order valence-corrected chi connectivity index (χ2v) is 7.63. The van der Waals surface area contributed by atoms with Crippen molar-refractivity contribution < 1.29 is 18.0 Å². The van der Waals surface area contributed by atoms with Crippen LogP contribution in [0.15, 0.2) is 0 Å². The number of hydrogen-bond acceptors (Lipinski definition) is 4. The van der Waals surface area contributed by atoms with Gasteiger partial charge in [0.25, 0.3) is 0 Å². The van der Waals surface area contributed by atoms with Gasteiger partial charge in [0.15, 0.2) is 0 Å². The number of hydrogen-bond donors (Lipinski definition) is 1. The van der Waals surface area contributed by atoms with E-state index in [1.807, 2.05) is 0 Å². The summed E-state index contributed by atoms with van der Waals surface area (Å²) in [5.74, 6) is -0.490. The van der Waals surface area contributed by atoms with Gasteiger partial charge in [-0.05, 0) is 12.8 Å². The maximum absolute atomic E-state index is 12.1. The lowest BCUT2D eigenvalue weighted by atomic mass is 10.0. The van der Waals surface area contributed by atoms with Crippen LogP contribution in [-0.4, -0.2) is 68.4 Å². The summed E-state index contributed by atoms with van der Waals surface area (Å²) in [7, 11) is -1.53. The molecule has 114 valence electrons. The van der Waals surface area contributed by atoms with E-state index in [-0.39, 0.29) is 30.2 Å². The first-order chi connectivity index (χ1) is 9.27. The lowest BCUT2D eigenvalue weighted by Crippen LogP contribution is -2.50. The number of carbonyl (C=O) groups excluding carboxylic acids is 2. The topological polar surface area (TPSA) is 86.8 Å². The molecule has 8 heteroatoms. The van der Waals surface area contributed by atoms with Gasteiger partial charge in [-0.3, -0.25) is 9.59 Å². The van der Waals surface area contributed by atoms with Crippen molar-refractivity contribution in [2.45, 2.75) is 25.3 Å². The highest BCUT2D eigenvalue weighted by Gasteiger charge is 2.34. The van der Waals surface area contributed by atoms with Gasteiger partial charge in [-0.1, -0.05) is 0 Å². The first-order valence-corrected chi connectivity index (χ1v) is 8.61. The molecule has 2 saturated heterocycles. The van der Waals surface area contributed by atoms with E-state index in [1.54, 1.807) is 11.9 Å². The first-order valence-electron chi connectivity index (χ1n) is 6.77. The van der Waals surface area contributed by atoms with Crippen LogP contribution in [0.2, 0.25) is 0 Å². The fourth-order valence-corrected chi connectivity index (χ4v) is 3.63. The van der Waals surface area contributed by atoms with E-state index in [9.17, 15) is 18.0 Å². The van der Waals surface area contributed by atoms with Crippen molar-refractivity contribution >= 4 is 21.8 Å². The first kappa shape index (κ1) is 15.2. The number of nitrogens with zero attached hydrogens (tertiary/aromatic N) is 2. The van der Waals surface area contributed by atoms with Crippen LogP contribution < -0.4 is 5.32 Å². The Labute approximate surface area is 119 Å². The molecule has 2 atom stereocenters. The Morgan fingerprint density at radius 2 is 2.05 bits per heavy atom. The van der Waals surface area contributed by atoms with E-state index in [0.717, 1.165) is 12.8 Å². The van der Waals surface area contributed by atoms with E-state index >= 15 is 0 Å². The molecule has 1 N–H and O–H groups in total. The molecule has 7 nitrogen and oxygen atoms in total. The van der Waals surface area contributed by atoms with Gasteiger partial charge >= 0.3 is 0 Å². The average molecular weight is 303 g/mol. The Balaban J connectivity index is 1.90. The third kappa shape index (κ3) is 3.49. The summed E-state index contributed by atoms with van der Waals surface area (Å²) in [6.07, 6.45) is 2.93. The SMILES string of the molecule is CN1C[C@@H](C(=O)N[C@@H]2CCCN(S(C)(=O)=O)C2)CC1=O. The Bertz CT molecular complexity index is 505. The predicted octanol–water partition coefficient (Wildman–Crippen LogP) is -0.995. The predicted molar refractivity (Wildman–Crippen MR) is 73.3 cm³/mol. The van der Waals surface area contributed by atoms with E-state index in [4.69, 9.17) is 0 Å². The lowest BCUT2D eigenvalue weighted by molar-refractivity contribution is -0.128. The zero-order valence-electron chi connectivity index (χ0n) is 11.8. The number of sulfonamides is 1. The zero-order valence-corrected chi connectivity index (χ0v) is 12.6. The molecule has 0 spiro atoms. The fraction of sp³-hybridized carbons (Fsp3) is 0.833. The Morgan fingerprint density at radius 3 is 2.60 bits per heavy atom. The minimum atomic E-state index is -3.21. The third-order valence-corrected chi connectivity index (χ3v) is 5.18. The number of piperidine rings is 1. The second kappa shape index (κ2) is 5.69. The Morgan fingerprint density at radius 1 is 1.35 bits per heavy atom. The van der Waals surface area contributed by atoms with E-state index in [0.29, 0.717) is 19.6 Å². The van der Waals surface area contributed by atoms with Gasteiger partial charge in [0.2, 0.25) is 21.8 Å².